The summed E-state index contributed by atoms with van der Waals surface area (Å²) in [6.07, 6.45) is 0.569. The van der Waals surface area contributed by atoms with Crippen molar-refractivity contribution < 1.29 is 9.53 Å². The molecule has 0 rings (SSSR count). The van der Waals surface area contributed by atoms with Gasteiger partial charge in [-0.25, -0.2) is 0 Å². The summed E-state index contributed by atoms with van der Waals surface area (Å²) in [5.41, 5.74) is 0.325. The van der Waals surface area contributed by atoms with Gasteiger partial charge in [-0.3, -0.25) is 4.79 Å². The fourth-order valence-corrected chi connectivity index (χ4v) is 1.30. The molecule has 16 heavy (non-hydrogen) atoms. The summed E-state index contributed by atoms with van der Waals surface area (Å²) in [5.74, 6) is 0.376. The highest BCUT2D eigenvalue weighted by atomic mass is 16.5. The minimum atomic E-state index is -0.462. The van der Waals surface area contributed by atoms with E-state index in [-0.39, 0.29) is 11.9 Å². The molecule has 90 valence electrons. The lowest BCUT2D eigenvalue weighted by atomic mass is 10.0. The van der Waals surface area contributed by atoms with Gasteiger partial charge in [-0.1, -0.05) is 34.3 Å². The first-order chi connectivity index (χ1) is 7.36. The molecule has 0 saturated heterocycles. The van der Waals surface area contributed by atoms with Crippen LogP contribution in [0.5, 0.6) is 0 Å². The Morgan fingerprint density at radius 2 is 1.88 bits per heavy atom. The van der Waals surface area contributed by atoms with Crippen molar-refractivity contribution in [2.45, 2.75) is 46.6 Å². The quantitative estimate of drug-likeness (QED) is 0.513. The molecule has 0 amide bonds. The maximum Gasteiger partial charge on any atom is 0.306 e. The smallest absolute Gasteiger partial charge is 0.306 e. The molecule has 0 aliphatic heterocycles. The van der Waals surface area contributed by atoms with Crippen LogP contribution in [0.4, 0.5) is 0 Å². The first kappa shape index (κ1) is 14.7. The Labute approximate surface area is 98.1 Å². The van der Waals surface area contributed by atoms with Crippen molar-refractivity contribution in [3.8, 4) is 6.07 Å². The number of hydrogen-bond donors (Lipinski definition) is 0. The Kier molecular flexibility index (Phi) is 6.48. The third-order valence-electron chi connectivity index (χ3n) is 2.07. The van der Waals surface area contributed by atoms with Crippen LogP contribution in [-0.2, 0) is 9.53 Å². The summed E-state index contributed by atoms with van der Waals surface area (Å²) in [4.78, 5) is 11.5. The van der Waals surface area contributed by atoms with E-state index in [9.17, 15) is 4.79 Å². The van der Waals surface area contributed by atoms with E-state index in [1.807, 2.05) is 33.8 Å². The molecule has 0 aromatic heterocycles. The first-order valence-electron chi connectivity index (χ1n) is 5.65. The topological polar surface area (TPSA) is 50.1 Å². The molecule has 0 aliphatic carbocycles. The van der Waals surface area contributed by atoms with Crippen LogP contribution < -0.4 is 0 Å². The van der Waals surface area contributed by atoms with Crippen LogP contribution in [0.1, 0.15) is 40.5 Å². The van der Waals surface area contributed by atoms with Gasteiger partial charge in [0.25, 0.3) is 0 Å². The minimum absolute atomic E-state index is 0.253. The Bertz CT molecular complexity index is 287. The van der Waals surface area contributed by atoms with E-state index in [2.05, 4.69) is 6.58 Å². The molecule has 0 saturated carbocycles. The zero-order valence-electron chi connectivity index (χ0n) is 10.6. The average Bonchev–Trinajstić information content (AvgIpc) is 2.13. The van der Waals surface area contributed by atoms with Gasteiger partial charge in [0.2, 0.25) is 0 Å². The predicted octanol–water partition coefficient (Wildman–Crippen LogP) is 3.07. The van der Waals surface area contributed by atoms with Crippen molar-refractivity contribution in [2.75, 3.05) is 0 Å². The number of rotatable bonds is 6. The number of esters is 1. The molecule has 0 heterocycles. The van der Waals surface area contributed by atoms with E-state index in [4.69, 9.17) is 10.00 Å². The Hall–Kier alpha value is -1.30. The van der Waals surface area contributed by atoms with Crippen LogP contribution in [0.2, 0.25) is 0 Å². The van der Waals surface area contributed by atoms with Crippen molar-refractivity contribution in [3.05, 3.63) is 12.2 Å². The van der Waals surface area contributed by atoms with Crippen molar-refractivity contribution >= 4 is 5.97 Å². The Morgan fingerprint density at radius 1 is 1.31 bits per heavy atom. The third-order valence-corrected chi connectivity index (χ3v) is 2.07. The number of nitriles is 1. The number of ether oxygens (including phenoxy) is 1. The van der Waals surface area contributed by atoms with Gasteiger partial charge in [-0.05, 0) is 18.3 Å². The normalized spacial score (nSPS) is 12.3. The maximum absolute atomic E-state index is 11.5. The van der Waals surface area contributed by atoms with Gasteiger partial charge >= 0.3 is 5.97 Å². The molecule has 0 aliphatic rings. The molecule has 1 atom stereocenters. The van der Waals surface area contributed by atoms with E-state index in [1.54, 1.807) is 0 Å². The molecule has 0 aromatic rings. The second kappa shape index (κ2) is 7.05. The van der Waals surface area contributed by atoms with Gasteiger partial charge in [0.05, 0.1) is 11.6 Å². The summed E-state index contributed by atoms with van der Waals surface area (Å²) in [6.45, 7) is 11.6. The summed E-state index contributed by atoms with van der Waals surface area (Å²) < 4.78 is 5.26. The lowest BCUT2D eigenvalue weighted by Gasteiger charge is -2.19. The van der Waals surface area contributed by atoms with E-state index in [0.717, 1.165) is 0 Å². The monoisotopic (exact) mass is 223 g/mol. The molecule has 0 aromatic carbocycles. The highest BCUT2D eigenvalue weighted by Crippen LogP contribution is 2.16. The van der Waals surface area contributed by atoms with Gasteiger partial charge in [0.15, 0.2) is 0 Å². The minimum Gasteiger partial charge on any atom is -0.457 e. The second-order valence-electron chi connectivity index (χ2n) is 4.84. The van der Waals surface area contributed by atoms with E-state index in [0.29, 0.717) is 24.3 Å². The lowest BCUT2D eigenvalue weighted by molar-refractivity contribution is -0.148. The van der Waals surface area contributed by atoms with Crippen molar-refractivity contribution in [2.24, 2.45) is 11.8 Å². The maximum atomic E-state index is 11.5. The second-order valence-corrected chi connectivity index (χ2v) is 4.84. The van der Waals surface area contributed by atoms with Crippen molar-refractivity contribution in [1.82, 2.24) is 0 Å². The van der Waals surface area contributed by atoms with E-state index in [1.165, 1.54) is 0 Å². The van der Waals surface area contributed by atoms with Crippen LogP contribution in [0.25, 0.3) is 0 Å². The highest BCUT2D eigenvalue weighted by molar-refractivity contribution is 5.70. The van der Waals surface area contributed by atoms with Crippen LogP contribution in [0.3, 0.4) is 0 Å². The fourth-order valence-electron chi connectivity index (χ4n) is 1.30. The zero-order chi connectivity index (χ0) is 12.7. The van der Waals surface area contributed by atoms with Crippen LogP contribution >= 0.6 is 0 Å². The van der Waals surface area contributed by atoms with Gasteiger partial charge in [-0.15, -0.1) is 0 Å². The highest BCUT2D eigenvalue weighted by Gasteiger charge is 2.19. The van der Waals surface area contributed by atoms with Crippen LogP contribution in [0.15, 0.2) is 12.2 Å². The lowest BCUT2D eigenvalue weighted by Crippen LogP contribution is -2.22. The van der Waals surface area contributed by atoms with Gasteiger partial charge in [0.1, 0.15) is 6.10 Å². The SMILES string of the molecule is C=C(C#N)C(CC(C)C)OC(=O)CC(C)C. The van der Waals surface area contributed by atoms with E-state index < -0.39 is 6.10 Å². The molecule has 3 nitrogen and oxygen atoms in total. The molecule has 0 fully saturated rings. The van der Waals surface area contributed by atoms with Gasteiger partial charge < -0.3 is 4.74 Å². The standard InChI is InChI=1S/C13H21NO2/c1-9(2)6-12(11(5)8-14)16-13(15)7-10(3)4/h9-10,12H,5-7H2,1-4H3. The summed E-state index contributed by atoms with van der Waals surface area (Å²) in [6, 6.07) is 1.96. The summed E-state index contributed by atoms with van der Waals surface area (Å²) >= 11 is 0. The van der Waals surface area contributed by atoms with Crippen molar-refractivity contribution in [1.29, 1.82) is 5.26 Å². The molecule has 1 unspecified atom stereocenters. The molecule has 0 spiro atoms. The summed E-state index contributed by atoms with van der Waals surface area (Å²) in [7, 11) is 0. The molecule has 0 bridgehead atoms. The number of nitrogens with zero attached hydrogens (tertiary/aromatic N) is 1. The summed E-state index contributed by atoms with van der Waals surface area (Å²) in [5, 5.41) is 8.77. The first-order valence-corrected chi connectivity index (χ1v) is 5.65. The zero-order valence-corrected chi connectivity index (χ0v) is 10.6. The van der Waals surface area contributed by atoms with E-state index >= 15 is 0 Å². The predicted molar refractivity (Wildman–Crippen MR) is 63.5 cm³/mol. The number of hydrogen-bond acceptors (Lipinski definition) is 3. The number of carbonyl (C=O) groups is 1. The van der Waals surface area contributed by atoms with Crippen LogP contribution in [-0.4, -0.2) is 12.1 Å². The van der Waals surface area contributed by atoms with Crippen molar-refractivity contribution in [3.63, 3.8) is 0 Å². The largest absolute Gasteiger partial charge is 0.457 e. The molecule has 3 heteroatoms. The molecular weight excluding hydrogens is 202 g/mol. The average molecular weight is 223 g/mol. The fraction of sp³-hybridized carbons (Fsp3) is 0.692. The molecular formula is C13H21NO2. The molecule has 0 radical (unpaired) electrons. The van der Waals surface area contributed by atoms with Gasteiger partial charge in [-0.2, -0.15) is 5.26 Å². The van der Waals surface area contributed by atoms with Crippen LogP contribution in [0, 0.1) is 23.2 Å². The van der Waals surface area contributed by atoms with Gasteiger partial charge in [0, 0.05) is 6.42 Å². The Balaban J connectivity index is 4.38. The number of carbonyl (C=O) groups excluding carboxylic acids is 1. The molecule has 0 N–H and O–H groups in total. The Morgan fingerprint density at radius 3 is 2.25 bits per heavy atom. The third kappa shape index (κ3) is 6.23.